The van der Waals surface area contributed by atoms with E-state index in [0.717, 1.165) is 26.5 Å². The minimum atomic E-state index is -0.571. The number of aromatic nitrogens is 4. The van der Waals surface area contributed by atoms with Crippen LogP contribution in [-0.4, -0.2) is 48.9 Å². The second-order valence-electron chi connectivity index (χ2n) is 7.64. The van der Waals surface area contributed by atoms with E-state index in [9.17, 15) is 10.2 Å². The van der Waals surface area contributed by atoms with Crippen molar-refractivity contribution >= 4 is 39.3 Å². The first kappa shape index (κ1) is 19.9. The maximum Gasteiger partial charge on any atom is 0.301 e. The number of fused-ring (bicyclic) bond motifs is 1. The molecule has 3 atom stereocenters. The molecule has 0 radical (unpaired) electrons. The molecule has 5 rings (SSSR count). The number of hydrogen-bond donors (Lipinski definition) is 4. The molecule has 1 aliphatic rings. The summed E-state index contributed by atoms with van der Waals surface area (Å²) < 4.78 is 6.33. The van der Waals surface area contributed by atoms with Crippen molar-refractivity contribution in [3.8, 4) is 10.6 Å². The van der Waals surface area contributed by atoms with E-state index in [4.69, 9.17) is 9.40 Å². The third-order valence-corrected chi connectivity index (χ3v) is 6.51. The van der Waals surface area contributed by atoms with Gasteiger partial charge in [0.05, 0.1) is 39.8 Å². The molecule has 1 saturated carbocycles. The molecule has 0 amide bonds. The van der Waals surface area contributed by atoms with Crippen LogP contribution in [0.15, 0.2) is 41.1 Å². The van der Waals surface area contributed by atoms with Crippen LogP contribution in [-0.2, 0) is 0 Å². The van der Waals surface area contributed by atoms with E-state index >= 15 is 0 Å². The Bertz CT molecular complexity index is 1160. The number of nitrogens with one attached hydrogen (secondary N) is 2. The maximum absolute atomic E-state index is 10.5. The fourth-order valence-corrected chi connectivity index (χ4v) is 5.01. The predicted molar refractivity (Wildman–Crippen MR) is 118 cm³/mol. The van der Waals surface area contributed by atoms with Gasteiger partial charge in [-0.25, -0.2) is 15.0 Å². The minimum Gasteiger partial charge on any atom is -0.432 e. The lowest BCUT2D eigenvalue weighted by Gasteiger charge is -2.20. The highest BCUT2D eigenvalue weighted by Crippen LogP contribution is 2.38. The highest BCUT2D eigenvalue weighted by atomic mass is 32.1. The summed E-state index contributed by atoms with van der Waals surface area (Å²) in [4.78, 5) is 18.1. The Morgan fingerprint density at radius 2 is 2.06 bits per heavy atom. The third-order valence-electron chi connectivity index (χ3n) is 5.46. The molecule has 4 N–H and O–H groups in total. The van der Waals surface area contributed by atoms with Crippen LogP contribution in [0.25, 0.3) is 20.8 Å². The second-order valence-corrected chi connectivity index (χ2v) is 8.67. The topological polar surface area (TPSA) is 129 Å². The molecule has 3 aromatic heterocycles. The summed E-state index contributed by atoms with van der Waals surface area (Å²) in [6.07, 6.45) is 3.64. The van der Waals surface area contributed by atoms with E-state index in [1.165, 1.54) is 12.5 Å². The zero-order valence-electron chi connectivity index (χ0n) is 16.8. The van der Waals surface area contributed by atoms with E-state index in [1.807, 2.05) is 31.2 Å². The number of hydrogen-bond acceptors (Lipinski definition) is 10. The van der Waals surface area contributed by atoms with Crippen molar-refractivity contribution in [2.45, 2.75) is 31.9 Å². The molecule has 160 valence electrons. The Hall–Kier alpha value is -3.08. The number of aliphatic hydroxyl groups is 2. The van der Waals surface area contributed by atoms with Gasteiger partial charge in [-0.3, -0.25) is 5.32 Å². The largest absolute Gasteiger partial charge is 0.432 e. The molecule has 10 heteroatoms. The van der Waals surface area contributed by atoms with Crippen molar-refractivity contribution in [3.05, 3.63) is 42.4 Å². The number of aliphatic hydroxyl groups excluding tert-OH is 2. The summed E-state index contributed by atoms with van der Waals surface area (Å²) in [7, 11) is 0. The number of aryl methyl sites for hydroxylation is 1. The first-order valence-corrected chi connectivity index (χ1v) is 10.9. The molecule has 9 nitrogen and oxygen atoms in total. The SMILES string of the molecule is Cc1nc(Nc2ncco2)nc(N[C@@H]2C[C@H](CO)C[C@H]2O)c1-c1nc2ccccc2s1. The highest BCUT2D eigenvalue weighted by molar-refractivity contribution is 7.21. The maximum atomic E-state index is 10.5. The predicted octanol–water partition coefficient (Wildman–Crippen LogP) is 3.34. The molecule has 0 aliphatic heterocycles. The standard InChI is InChI=1S/C21H22N6O3S/c1-11-17(19-25-13-4-2-3-5-16(13)31-19)18(24-14-8-12(10-28)9-15(14)29)26-20(23-11)27-21-22-6-7-30-21/h2-7,12,14-15,28-29H,8-10H2,1H3,(H2,22,23,24,26,27)/t12-,14+,15+/m0/s1. The molecule has 1 fully saturated rings. The van der Waals surface area contributed by atoms with Crippen molar-refractivity contribution < 1.29 is 14.6 Å². The Kier molecular flexibility index (Phi) is 5.26. The van der Waals surface area contributed by atoms with E-state index in [1.54, 1.807) is 11.3 Å². The van der Waals surface area contributed by atoms with Gasteiger partial charge in [-0.1, -0.05) is 12.1 Å². The molecule has 0 bridgehead atoms. The van der Waals surface area contributed by atoms with Gasteiger partial charge in [-0.15, -0.1) is 11.3 Å². The van der Waals surface area contributed by atoms with Gasteiger partial charge < -0.3 is 19.9 Å². The third kappa shape index (κ3) is 3.97. The van der Waals surface area contributed by atoms with E-state index in [0.29, 0.717) is 30.6 Å². The number of nitrogens with zero attached hydrogens (tertiary/aromatic N) is 4. The fourth-order valence-electron chi connectivity index (χ4n) is 3.95. The molecule has 3 heterocycles. The highest BCUT2D eigenvalue weighted by Gasteiger charge is 2.33. The number of rotatable bonds is 6. The van der Waals surface area contributed by atoms with E-state index in [2.05, 4.69) is 25.6 Å². The van der Waals surface area contributed by atoms with Crippen LogP contribution in [0.2, 0.25) is 0 Å². The van der Waals surface area contributed by atoms with Crippen molar-refractivity contribution in [2.24, 2.45) is 5.92 Å². The second kappa shape index (κ2) is 8.22. The monoisotopic (exact) mass is 438 g/mol. The van der Waals surface area contributed by atoms with Gasteiger partial charge in [0.25, 0.3) is 0 Å². The number of thiazole rings is 1. The number of para-hydroxylation sites is 1. The zero-order valence-corrected chi connectivity index (χ0v) is 17.6. The van der Waals surface area contributed by atoms with Crippen LogP contribution in [0.4, 0.5) is 17.8 Å². The Balaban J connectivity index is 1.56. The van der Waals surface area contributed by atoms with Crippen LogP contribution in [0, 0.1) is 12.8 Å². The lowest BCUT2D eigenvalue weighted by molar-refractivity contribution is 0.157. The summed E-state index contributed by atoms with van der Waals surface area (Å²) in [6.45, 7) is 1.95. The lowest BCUT2D eigenvalue weighted by Crippen LogP contribution is -2.29. The summed E-state index contributed by atoms with van der Waals surface area (Å²) in [6, 6.07) is 8.02. The average Bonchev–Trinajstić information content (AvgIpc) is 3.48. The smallest absolute Gasteiger partial charge is 0.301 e. The van der Waals surface area contributed by atoms with Gasteiger partial charge >= 0.3 is 6.01 Å². The van der Waals surface area contributed by atoms with E-state index in [-0.39, 0.29) is 18.6 Å². The zero-order chi connectivity index (χ0) is 21.4. The van der Waals surface area contributed by atoms with Gasteiger partial charge in [0.2, 0.25) is 5.95 Å². The molecule has 1 aromatic carbocycles. The Morgan fingerprint density at radius 1 is 1.19 bits per heavy atom. The van der Waals surface area contributed by atoms with Crippen LogP contribution >= 0.6 is 11.3 Å². The quantitative estimate of drug-likeness (QED) is 0.358. The molecule has 0 spiro atoms. The molecule has 31 heavy (non-hydrogen) atoms. The lowest BCUT2D eigenvalue weighted by atomic mass is 10.1. The summed E-state index contributed by atoms with van der Waals surface area (Å²) in [5, 5.41) is 27.2. The van der Waals surface area contributed by atoms with Crippen LogP contribution in [0.1, 0.15) is 18.5 Å². The normalized spacial score (nSPS) is 20.9. The molecular weight excluding hydrogens is 416 g/mol. The number of anilines is 3. The van der Waals surface area contributed by atoms with Crippen LogP contribution < -0.4 is 10.6 Å². The molecule has 0 unspecified atom stereocenters. The average molecular weight is 439 g/mol. The molecule has 4 aromatic rings. The summed E-state index contributed by atoms with van der Waals surface area (Å²) in [5.74, 6) is 0.966. The molecule has 0 saturated heterocycles. The van der Waals surface area contributed by atoms with Gasteiger partial charge in [-0.05, 0) is 37.8 Å². The number of benzene rings is 1. The van der Waals surface area contributed by atoms with Gasteiger partial charge in [-0.2, -0.15) is 4.98 Å². The first-order chi connectivity index (χ1) is 15.1. The Morgan fingerprint density at radius 3 is 2.81 bits per heavy atom. The molecule has 1 aliphatic carbocycles. The van der Waals surface area contributed by atoms with Gasteiger partial charge in [0.1, 0.15) is 17.1 Å². The van der Waals surface area contributed by atoms with Crippen LogP contribution in [0.5, 0.6) is 0 Å². The van der Waals surface area contributed by atoms with Crippen molar-refractivity contribution in [3.63, 3.8) is 0 Å². The molecular formula is C21H22N6O3S. The van der Waals surface area contributed by atoms with Gasteiger partial charge in [0, 0.05) is 6.61 Å². The number of oxazole rings is 1. The van der Waals surface area contributed by atoms with E-state index < -0.39 is 6.10 Å². The minimum absolute atomic E-state index is 0.0553. The first-order valence-electron chi connectivity index (χ1n) is 10.1. The van der Waals surface area contributed by atoms with Gasteiger partial charge in [0.15, 0.2) is 0 Å². The summed E-state index contributed by atoms with van der Waals surface area (Å²) in [5.41, 5.74) is 2.44. The van der Waals surface area contributed by atoms with Crippen molar-refractivity contribution in [2.75, 3.05) is 17.2 Å². The van der Waals surface area contributed by atoms with Crippen molar-refractivity contribution in [1.82, 2.24) is 19.9 Å². The van der Waals surface area contributed by atoms with Crippen molar-refractivity contribution in [1.29, 1.82) is 0 Å². The summed E-state index contributed by atoms with van der Waals surface area (Å²) >= 11 is 1.57. The van der Waals surface area contributed by atoms with Crippen LogP contribution in [0.3, 0.4) is 0 Å². The fraction of sp³-hybridized carbons (Fsp3) is 0.333. The Labute approximate surface area is 182 Å².